The van der Waals surface area contributed by atoms with Crippen LogP contribution >= 0.6 is 15.9 Å². The fourth-order valence-corrected chi connectivity index (χ4v) is 6.78. The standard InChI is InChI=1S/C22H35BrN4O6/c1-2-4-24-19(29)15-16-21(31)27(6-3-10-28)18(22(16)13-14(23)17(15)33-22)20(30)25-5-7-26-8-11-32-12-9-26/h14-18,28H,2-13H2,1H3,(H,24,29)(H,25,30)/t14?,15-,16-,17-,18?,22?/m0/s1. The SMILES string of the molecule is CCCNC(=O)[C@H]1[C@H]2C(=O)N(CCCO)C(C(=O)NCCN3CCOCC3)C23CC(Br)[C@@H]1O3. The molecule has 4 aliphatic rings. The third kappa shape index (κ3) is 4.54. The highest BCUT2D eigenvalue weighted by atomic mass is 79.9. The number of morpholine rings is 1. The van der Waals surface area contributed by atoms with Crippen LogP contribution in [-0.4, -0.2) is 114 Å². The Morgan fingerprint density at radius 1 is 1.18 bits per heavy atom. The van der Waals surface area contributed by atoms with Crippen molar-refractivity contribution in [3.63, 3.8) is 0 Å². The van der Waals surface area contributed by atoms with E-state index >= 15 is 0 Å². The summed E-state index contributed by atoms with van der Waals surface area (Å²) in [5.74, 6) is -2.00. The molecule has 4 rings (SSSR count). The van der Waals surface area contributed by atoms with Crippen molar-refractivity contribution < 1.29 is 29.0 Å². The number of alkyl halides is 1. The molecule has 0 aromatic rings. The van der Waals surface area contributed by atoms with Gasteiger partial charge < -0.3 is 30.1 Å². The van der Waals surface area contributed by atoms with E-state index < -0.39 is 29.6 Å². The summed E-state index contributed by atoms with van der Waals surface area (Å²) < 4.78 is 11.8. The molecule has 186 valence electrons. The number of carbonyl (C=O) groups excluding carboxylic acids is 3. The molecule has 6 atom stereocenters. The molecule has 0 radical (unpaired) electrons. The second kappa shape index (κ2) is 10.6. The van der Waals surface area contributed by atoms with Gasteiger partial charge in [0.1, 0.15) is 11.6 Å². The van der Waals surface area contributed by atoms with Gasteiger partial charge in [0.25, 0.3) is 0 Å². The molecule has 4 fully saturated rings. The van der Waals surface area contributed by atoms with Crippen LogP contribution in [-0.2, 0) is 23.9 Å². The summed E-state index contributed by atoms with van der Waals surface area (Å²) in [6.45, 7) is 6.87. The van der Waals surface area contributed by atoms with Crippen LogP contribution in [0.5, 0.6) is 0 Å². The monoisotopic (exact) mass is 530 g/mol. The van der Waals surface area contributed by atoms with Crippen LogP contribution in [0.15, 0.2) is 0 Å². The number of nitrogens with zero attached hydrogens (tertiary/aromatic N) is 2. The Balaban J connectivity index is 1.53. The Morgan fingerprint density at radius 3 is 2.61 bits per heavy atom. The maximum atomic E-state index is 13.6. The fourth-order valence-electron chi connectivity index (χ4n) is 5.84. The summed E-state index contributed by atoms with van der Waals surface area (Å²) >= 11 is 3.65. The van der Waals surface area contributed by atoms with Crippen molar-refractivity contribution in [3.05, 3.63) is 0 Å². The lowest BCUT2D eigenvalue weighted by molar-refractivity contribution is -0.142. The first-order valence-corrected chi connectivity index (χ1v) is 12.9. The number of likely N-dealkylation sites (tertiary alicyclic amines) is 1. The van der Waals surface area contributed by atoms with Gasteiger partial charge in [0.15, 0.2) is 0 Å². The van der Waals surface area contributed by atoms with E-state index in [-0.39, 0.29) is 35.7 Å². The van der Waals surface area contributed by atoms with Crippen LogP contribution in [0.4, 0.5) is 0 Å². The summed E-state index contributed by atoms with van der Waals surface area (Å²) in [4.78, 5) is 43.7. The van der Waals surface area contributed by atoms with Crippen LogP contribution in [0.1, 0.15) is 26.2 Å². The van der Waals surface area contributed by atoms with Gasteiger partial charge in [-0.25, -0.2) is 0 Å². The molecule has 4 heterocycles. The fraction of sp³-hybridized carbons (Fsp3) is 0.864. The van der Waals surface area contributed by atoms with E-state index in [0.29, 0.717) is 45.7 Å². The molecule has 0 saturated carbocycles. The van der Waals surface area contributed by atoms with Crippen molar-refractivity contribution >= 4 is 33.7 Å². The average molecular weight is 531 g/mol. The molecule has 4 saturated heterocycles. The summed E-state index contributed by atoms with van der Waals surface area (Å²) in [5.41, 5.74) is -1.04. The minimum Gasteiger partial charge on any atom is -0.396 e. The number of fused-ring (bicyclic) bond motifs is 1. The number of carbonyl (C=O) groups is 3. The molecule has 10 nitrogen and oxygen atoms in total. The molecule has 3 unspecified atom stereocenters. The van der Waals surface area contributed by atoms with E-state index in [2.05, 4.69) is 31.5 Å². The lowest BCUT2D eigenvalue weighted by Crippen LogP contribution is -2.56. The van der Waals surface area contributed by atoms with E-state index in [4.69, 9.17) is 9.47 Å². The maximum absolute atomic E-state index is 13.6. The van der Waals surface area contributed by atoms with Crippen molar-refractivity contribution in [2.24, 2.45) is 11.8 Å². The first-order valence-electron chi connectivity index (χ1n) is 12.0. The van der Waals surface area contributed by atoms with E-state index in [9.17, 15) is 19.5 Å². The number of ether oxygens (including phenoxy) is 2. The number of aliphatic hydroxyl groups excluding tert-OH is 1. The predicted octanol–water partition coefficient (Wildman–Crippen LogP) is -0.909. The molecular formula is C22H35BrN4O6. The number of halogens is 1. The second-order valence-corrected chi connectivity index (χ2v) is 10.5. The Kier molecular flexibility index (Phi) is 7.95. The zero-order valence-electron chi connectivity index (χ0n) is 19.1. The highest BCUT2D eigenvalue weighted by Crippen LogP contribution is 2.59. The second-order valence-electron chi connectivity index (χ2n) is 9.31. The first-order chi connectivity index (χ1) is 15.9. The smallest absolute Gasteiger partial charge is 0.245 e. The number of amides is 3. The van der Waals surface area contributed by atoms with Crippen LogP contribution < -0.4 is 10.6 Å². The molecule has 0 aliphatic carbocycles. The van der Waals surface area contributed by atoms with Crippen LogP contribution in [0.3, 0.4) is 0 Å². The predicted molar refractivity (Wildman–Crippen MR) is 123 cm³/mol. The summed E-state index contributed by atoms with van der Waals surface area (Å²) in [6, 6.07) is -0.819. The topological polar surface area (TPSA) is 120 Å². The highest BCUT2D eigenvalue weighted by Gasteiger charge is 2.76. The lowest BCUT2D eigenvalue weighted by Gasteiger charge is -2.34. The van der Waals surface area contributed by atoms with Crippen molar-refractivity contribution in [2.75, 3.05) is 59.1 Å². The van der Waals surface area contributed by atoms with Gasteiger partial charge in [-0.3, -0.25) is 19.3 Å². The number of hydrogen-bond acceptors (Lipinski definition) is 7. The van der Waals surface area contributed by atoms with Gasteiger partial charge in [-0.2, -0.15) is 0 Å². The zero-order valence-corrected chi connectivity index (χ0v) is 20.7. The van der Waals surface area contributed by atoms with Crippen molar-refractivity contribution in [2.45, 2.75) is 48.8 Å². The molecule has 0 aromatic carbocycles. The summed E-state index contributed by atoms with van der Waals surface area (Å²) in [6.07, 6.45) is 1.20. The molecule has 0 aromatic heterocycles. The Morgan fingerprint density at radius 2 is 1.91 bits per heavy atom. The zero-order chi connectivity index (χ0) is 23.6. The van der Waals surface area contributed by atoms with Crippen molar-refractivity contribution in [3.8, 4) is 0 Å². The van der Waals surface area contributed by atoms with Crippen LogP contribution in [0.25, 0.3) is 0 Å². The highest BCUT2D eigenvalue weighted by molar-refractivity contribution is 9.09. The number of aliphatic hydroxyl groups is 1. The summed E-state index contributed by atoms with van der Waals surface area (Å²) in [5, 5.41) is 15.3. The molecule has 4 aliphatic heterocycles. The molecule has 1 spiro atoms. The average Bonchev–Trinajstić information content (AvgIpc) is 3.40. The van der Waals surface area contributed by atoms with Gasteiger partial charge in [-0.1, -0.05) is 22.9 Å². The Bertz CT molecular complexity index is 750. The third-order valence-electron chi connectivity index (χ3n) is 7.28. The first kappa shape index (κ1) is 24.8. The normalized spacial score (nSPS) is 35.7. The molecule has 2 bridgehead atoms. The quantitative estimate of drug-likeness (QED) is 0.313. The maximum Gasteiger partial charge on any atom is 0.245 e. The van der Waals surface area contributed by atoms with Crippen LogP contribution in [0, 0.1) is 11.8 Å². The van der Waals surface area contributed by atoms with Gasteiger partial charge in [-0.15, -0.1) is 0 Å². The van der Waals surface area contributed by atoms with Crippen molar-refractivity contribution in [1.82, 2.24) is 20.4 Å². The number of rotatable bonds is 10. The Hall–Kier alpha value is -1.27. The molecule has 3 N–H and O–H groups in total. The minimum atomic E-state index is -1.04. The molecule has 11 heteroatoms. The Labute approximate surface area is 202 Å². The summed E-state index contributed by atoms with van der Waals surface area (Å²) in [7, 11) is 0. The van der Waals surface area contributed by atoms with E-state index in [1.165, 1.54) is 4.90 Å². The van der Waals surface area contributed by atoms with Gasteiger partial charge in [0, 0.05) is 50.7 Å². The molecular weight excluding hydrogens is 496 g/mol. The van der Waals surface area contributed by atoms with E-state index in [0.717, 1.165) is 19.5 Å². The third-order valence-corrected chi connectivity index (χ3v) is 8.12. The molecule has 33 heavy (non-hydrogen) atoms. The van der Waals surface area contributed by atoms with Crippen molar-refractivity contribution in [1.29, 1.82) is 0 Å². The van der Waals surface area contributed by atoms with Crippen LogP contribution in [0.2, 0.25) is 0 Å². The van der Waals surface area contributed by atoms with E-state index in [1.54, 1.807) is 0 Å². The minimum absolute atomic E-state index is 0.0855. The largest absolute Gasteiger partial charge is 0.396 e. The van der Waals surface area contributed by atoms with E-state index in [1.807, 2.05) is 6.92 Å². The van der Waals surface area contributed by atoms with Gasteiger partial charge in [0.05, 0.1) is 31.2 Å². The number of hydrogen-bond donors (Lipinski definition) is 3. The van der Waals surface area contributed by atoms with Gasteiger partial charge in [-0.05, 0) is 19.3 Å². The molecule has 3 amide bonds. The van der Waals surface area contributed by atoms with Gasteiger partial charge in [0.2, 0.25) is 17.7 Å². The number of nitrogens with one attached hydrogen (secondary N) is 2. The van der Waals surface area contributed by atoms with Gasteiger partial charge >= 0.3 is 0 Å². The lowest BCUT2D eigenvalue weighted by atomic mass is 9.70.